The van der Waals surface area contributed by atoms with Crippen molar-refractivity contribution in [2.45, 2.75) is 32.4 Å². The zero-order valence-corrected chi connectivity index (χ0v) is 19.9. The monoisotopic (exact) mass is 494 g/mol. The second kappa shape index (κ2) is 12.6. The molecule has 0 bridgehead atoms. The minimum Gasteiger partial charge on any atom is -0.369 e. The third-order valence-electron chi connectivity index (χ3n) is 6.12. The minimum absolute atomic E-state index is 0. The lowest BCUT2D eigenvalue weighted by atomic mass is 9.93. The smallest absolute Gasteiger partial charge is 0.369 e. The van der Waals surface area contributed by atoms with Gasteiger partial charge in [-0.15, -0.1) is 24.8 Å². The molecule has 0 aliphatic carbocycles. The highest BCUT2D eigenvalue weighted by molar-refractivity contribution is 5.85. The Bertz CT molecular complexity index is 784. The summed E-state index contributed by atoms with van der Waals surface area (Å²) in [5.74, 6) is 0.891. The molecular formula is C22H31Cl2F3N4O. The molecule has 0 aromatic heterocycles. The number of likely N-dealkylation sites (tertiary alicyclic amines) is 1. The van der Waals surface area contributed by atoms with Crippen LogP contribution in [0.1, 0.15) is 37.3 Å². The Morgan fingerprint density at radius 2 is 1.66 bits per heavy atom. The van der Waals surface area contributed by atoms with Gasteiger partial charge in [-0.1, -0.05) is 0 Å². The Morgan fingerprint density at radius 1 is 1.03 bits per heavy atom. The van der Waals surface area contributed by atoms with Crippen molar-refractivity contribution in [2.75, 3.05) is 57.3 Å². The van der Waals surface area contributed by atoms with Crippen molar-refractivity contribution in [1.82, 2.24) is 9.80 Å². The van der Waals surface area contributed by atoms with E-state index >= 15 is 0 Å². The number of ketones is 1. The second-order valence-corrected chi connectivity index (χ2v) is 8.42. The van der Waals surface area contributed by atoms with E-state index in [0.717, 1.165) is 64.1 Å². The van der Waals surface area contributed by atoms with Crippen molar-refractivity contribution < 1.29 is 18.0 Å². The first-order valence-corrected chi connectivity index (χ1v) is 10.6. The van der Waals surface area contributed by atoms with Gasteiger partial charge in [0.25, 0.3) is 0 Å². The minimum atomic E-state index is -4.45. The van der Waals surface area contributed by atoms with E-state index in [1.165, 1.54) is 0 Å². The molecule has 0 spiro atoms. The van der Waals surface area contributed by atoms with E-state index in [9.17, 15) is 18.0 Å². The molecule has 1 aromatic carbocycles. The van der Waals surface area contributed by atoms with Crippen molar-refractivity contribution in [3.8, 4) is 6.07 Å². The van der Waals surface area contributed by atoms with Crippen LogP contribution < -0.4 is 4.90 Å². The summed E-state index contributed by atoms with van der Waals surface area (Å²) >= 11 is 0. The Kier molecular flexibility index (Phi) is 11.3. The van der Waals surface area contributed by atoms with E-state index in [2.05, 4.69) is 9.80 Å². The average Bonchev–Trinajstić information content (AvgIpc) is 2.72. The number of nitriles is 1. The van der Waals surface area contributed by atoms with Gasteiger partial charge < -0.3 is 4.90 Å². The summed E-state index contributed by atoms with van der Waals surface area (Å²) in [6.45, 7) is 8.07. The molecule has 32 heavy (non-hydrogen) atoms. The summed E-state index contributed by atoms with van der Waals surface area (Å²) in [6, 6.07) is 5.43. The number of piperidine rings is 1. The molecule has 3 rings (SSSR count). The summed E-state index contributed by atoms with van der Waals surface area (Å²) in [5.41, 5.74) is -0.257. The van der Waals surface area contributed by atoms with Crippen LogP contribution in [0.4, 0.5) is 18.9 Å². The van der Waals surface area contributed by atoms with Crippen LogP contribution in [0.5, 0.6) is 0 Å². The first-order chi connectivity index (χ1) is 14.2. The molecule has 0 atom stereocenters. The number of piperazine rings is 1. The number of anilines is 1. The maximum absolute atomic E-state index is 13.1. The quantitative estimate of drug-likeness (QED) is 0.591. The van der Waals surface area contributed by atoms with E-state index in [4.69, 9.17) is 5.26 Å². The average molecular weight is 495 g/mol. The summed E-state index contributed by atoms with van der Waals surface area (Å²) < 4.78 is 39.4. The number of hydrogen-bond donors (Lipinski definition) is 0. The molecule has 2 heterocycles. The van der Waals surface area contributed by atoms with Gasteiger partial charge in [0.1, 0.15) is 5.78 Å². The van der Waals surface area contributed by atoms with Crippen molar-refractivity contribution in [3.63, 3.8) is 0 Å². The van der Waals surface area contributed by atoms with Gasteiger partial charge in [-0.2, -0.15) is 18.4 Å². The molecular weight excluding hydrogens is 464 g/mol. The lowest BCUT2D eigenvalue weighted by Gasteiger charge is -2.37. The fraction of sp³-hybridized carbons (Fsp3) is 0.636. The number of Topliss-reactive ketones (excluding diaryl/α,β-unsaturated/α-hetero) is 1. The van der Waals surface area contributed by atoms with Gasteiger partial charge in [0, 0.05) is 31.9 Å². The molecule has 0 radical (unpaired) electrons. The van der Waals surface area contributed by atoms with Crippen LogP contribution in [0.15, 0.2) is 18.2 Å². The summed E-state index contributed by atoms with van der Waals surface area (Å²) in [7, 11) is 0. The normalized spacial score (nSPS) is 18.4. The largest absolute Gasteiger partial charge is 0.416 e. The van der Waals surface area contributed by atoms with Crippen molar-refractivity contribution >= 4 is 36.3 Å². The highest BCUT2D eigenvalue weighted by Gasteiger charge is 2.32. The van der Waals surface area contributed by atoms with Gasteiger partial charge >= 0.3 is 6.18 Å². The molecule has 10 heteroatoms. The van der Waals surface area contributed by atoms with E-state index < -0.39 is 11.7 Å². The van der Waals surface area contributed by atoms with Crippen molar-refractivity contribution in [2.24, 2.45) is 5.92 Å². The Morgan fingerprint density at radius 3 is 2.19 bits per heavy atom. The molecule has 2 fully saturated rings. The molecule has 2 saturated heterocycles. The van der Waals surface area contributed by atoms with Crippen LogP contribution in [0.25, 0.3) is 0 Å². The van der Waals surface area contributed by atoms with Crippen LogP contribution in [-0.2, 0) is 11.0 Å². The van der Waals surface area contributed by atoms with Crippen LogP contribution in [0, 0.1) is 17.2 Å². The van der Waals surface area contributed by atoms with Gasteiger partial charge in [-0.05, 0) is 69.9 Å². The maximum atomic E-state index is 13.1. The Balaban J connectivity index is 0.00000256. The zero-order chi connectivity index (χ0) is 21.7. The predicted octanol–water partition coefficient (Wildman–Crippen LogP) is 4.23. The maximum Gasteiger partial charge on any atom is 0.416 e. The van der Waals surface area contributed by atoms with Gasteiger partial charge in [0.15, 0.2) is 0 Å². The Labute approximate surface area is 200 Å². The van der Waals surface area contributed by atoms with Crippen molar-refractivity contribution in [1.29, 1.82) is 5.26 Å². The molecule has 1 aromatic rings. The SMILES string of the molecule is CC(=O)CN1CCC(CCN2CCN(c3cc(C#N)cc(C(F)(F)F)c3)CC2)CC1.Cl.Cl. The number of halogens is 5. The molecule has 0 amide bonds. The molecule has 5 nitrogen and oxygen atoms in total. The van der Waals surface area contributed by atoms with Crippen LogP contribution in [0.2, 0.25) is 0 Å². The van der Waals surface area contributed by atoms with Crippen molar-refractivity contribution in [3.05, 3.63) is 29.3 Å². The van der Waals surface area contributed by atoms with E-state index in [0.29, 0.717) is 31.2 Å². The van der Waals surface area contributed by atoms with Crippen LogP contribution >= 0.6 is 24.8 Å². The number of rotatable bonds is 6. The molecule has 0 N–H and O–H groups in total. The molecule has 0 saturated carbocycles. The third kappa shape index (κ3) is 8.11. The van der Waals surface area contributed by atoms with E-state index in [-0.39, 0.29) is 36.2 Å². The lowest BCUT2D eigenvalue weighted by Crippen LogP contribution is -2.47. The second-order valence-electron chi connectivity index (χ2n) is 8.42. The number of benzene rings is 1. The number of nitrogens with zero attached hydrogens (tertiary/aromatic N) is 4. The van der Waals surface area contributed by atoms with Gasteiger partial charge in [-0.3, -0.25) is 14.6 Å². The Hall–Kier alpha value is -1.53. The lowest BCUT2D eigenvalue weighted by molar-refractivity contribution is -0.137. The highest BCUT2D eigenvalue weighted by Crippen LogP contribution is 2.33. The van der Waals surface area contributed by atoms with Gasteiger partial charge in [-0.25, -0.2) is 0 Å². The number of carbonyl (C=O) groups is 1. The first kappa shape index (κ1) is 28.5. The fourth-order valence-electron chi connectivity index (χ4n) is 4.36. The summed E-state index contributed by atoms with van der Waals surface area (Å²) in [5, 5.41) is 9.08. The van der Waals surface area contributed by atoms with Crippen LogP contribution in [0.3, 0.4) is 0 Å². The first-order valence-electron chi connectivity index (χ1n) is 10.6. The predicted molar refractivity (Wildman–Crippen MR) is 124 cm³/mol. The fourth-order valence-corrected chi connectivity index (χ4v) is 4.36. The topological polar surface area (TPSA) is 50.6 Å². The van der Waals surface area contributed by atoms with Crippen LogP contribution in [-0.4, -0.2) is 67.9 Å². The number of alkyl halides is 3. The van der Waals surface area contributed by atoms with E-state index in [1.54, 1.807) is 13.0 Å². The van der Waals surface area contributed by atoms with Gasteiger partial charge in [0.05, 0.1) is 23.7 Å². The number of hydrogen-bond acceptors (Lipinski definition) is 5. The zero-order valence-electron chi connectivity index (χ0n) is 18.2. The molecule has 2 aliphatic heterocycles. The standard InChI is InChI=1S/C22H29F3N4O.2ClH/c1-17(30)16-28-6-3-18(4-7-28)2-5-27-8-10-29(11-9-27)21-13-19(15-26)12-20(14-21)22(23,24)25;;/h12-14,18H,2-11,16H2,1H3;2*1H. The molecule has 2 aliphatic rings. The summed E-state index contributed by atoms with van der Waals surface area (Å²) in [4.78, 5) is 17.8. The number of carbonyl (C=O) groups excluding carboxylic acids is 1. The van der Waals surface area contributed by atoms with Gasteiger partial charge in [0.2, 0.25) is 0 Å². The highest BCUT2D eigenvalue weighted by atomic mass is 35.5. The van der Waals surface area contributed by atoms with E-state index in [1.807, 2.05) is 11.0 Å². The molecule has 180 valence electrons. The third-order valence-corrected chi connectivity index (χ3v) is 6.12. The molecule has 0 unspecified atom stereocenters. The summed E-state index contributed by atoms with van der Waals surface area (Å²) in [6.07, 6.45) is -1.09.